The first-order valence-electron chi connectivity index (χ1n) is 5.08. The largest absolute Gasteiger partial charge is 0.315 e. The number of aromatic nitrogens is 1. The lowest BCUT2D eigenvalue weighted by molar-refractivity contribution is 0.823. The van der Waals surface area contributed by atoms with Crippen LogP contribution >= 0.6 is 27.3 Å². The van der Waals surface area contributed by atoms with Crippen LogP contribution in [-0.4, -0.2) is 12.0 Å². The summed E-state index contributed by atoms with van der Waals surface area (Å²) in [5.41, 5.74) is 2.28. The second-order valence-corrected chi connectivity index (χ2v) is 5.48. The molecular formula is C12H13BrN2S. The molecule has 0 saturated carbocycles. The van der Waals surface area contributed by atoms with Crippen LogP contribution in [0.15, 0.2) is 28.7 Å². The minimum absolute atomic E-state index is 0.883. The molecule has 0 atom stereocenters. The molecule has 0 amide bonds. The molecule has 1 heterocycles. The van der Waals surface area contributed by atoms with Gasteiger partial charge in [0.2, 0.25) is 0 Å². The van der Waals surface area contributed by atoms with Crippen LogP contribution in [0.5, 0.6) is 0 Å². The van der Waals surface area contributed by atoms with Gasteiger partial charge in [0.1, 0.15) is 5.01 Å². The normalized spacial score (nSPS) is 10.7. The van der Waals surface area contributed by atoms with Gasteiger partial charge in [-0.3, -0.25) is 0 Å². The molecule has 4 heteroatoms. The molecule has 0 aliphatic carbocycles. The van der Waals surface area contributed by atoms with Gasteiger partial charge >= 0.3 is 0 Å². The molecule has 16 heavy (non-hydrogen) atoms. The smallest absolute Gasteiger partial charge is 0.125 e. The highest BCUT2D eigenvalue weighted by molar-refractivity contribution is 9.10. The lowest BCUT2D eigenvalue weighted by Gasteiger charge is -1.98. The Labute approximate surface area is 108 Å². The van der Waals surface area contributed by atoms with Crippen molar-refractivity contribution < 1.29 is 0 Å². The summed E-state index contributed by atoms with van der Waals surface area (Å²) in [5.74, 6) is 0. The maximum atomic E-state index is 4.61. The summed E-state index contributed by atoms with van der Waals surface area (Å²) >= 11 is 5.30. The van der Waals surface area contributed by atoms with Crippen LogP contribution in [0, 0.1) is 6.92 Å². The average molecular weight is 297 g/mol. The lowest BCUT2D eigenvalue weighted by Crippen LogP contribution is -2.04. The highest BCUT2D eigenvalue weighted by Crippen LogP contribution is 2.32. The average Bonchev–Trinajstić information content (AvgIpc) is 2.61. The maximum Gasteiger partial charge on any atom is 0.125 e. The van der Waals surface area contributed by atoms with E-state index >= 15 is 0 Å². The van der Waals surface area contributed by atoms with Crippen molar-refractivity contribution in [1.29, 1.82) is 0 Å². The zero-order valence-electron chi connectivity index (χ0n) is 9.25. The molecule has 1 aromatic heterocycles. The third-order valence-electron chi connectivity index (χ3n) is 2.33. The monoisotopic (exact) mass is 296 g/mol. The van der Waals surface area contributed by atoms with Gasteiger partial charge in [0, 0.05) is 21.5 Å². The molecule has 0 unspecified atom stereocenters. The molecule has 2 rings (SSSR count). The van der Waals surface area contributed by atoms with Crippen LogP contribution in [0.3, 0.4) is 0 Å². The van der Waals surface area contributed by atoms with Crippen molar-refractivity contribution in [3.63, 3.8) is 0 Å². The quantitative estimate of drug-likeness (QED) is 0.936. The molecule has 0 spiro atoms. The van der Waals surface area contributed by atoms with Crippen LogP contribution in [-0.2, 0) is 6.54 Å². The van der Waals surface area contributed by atoms with Gasteiger partial charge in [0.25, 0.3) is 0 Å². The Morgan fingerprint density at radius 2 is 2.12 bits per heavy atom. The summed E-state index contributed by atoms with van der Waals surface area (Å²) in [6, 6.07) is 8.19. The predicted molar refractivity (Wildman–Crippen MR) is 72.8 cm³/mol. The number of nitrogens with zero attached hydrogens (tertiary/aromatic N) is 1. The van der Waals surface area contributed by atoms with Crippen molar-refractivity contribution in [3.05, 3.63) is 39.3 Å². The van der Waals surface area contributed by atoms with E-state index in [0.29, 0.717) is 0 Å². The van der Waals surface area contributed by atoms with E-state index in [9.17, 15) is 0 Å². The standard InChI is InChI=1S/C12H13BrN2S/c1-8-11(7-14-2)16-12(15-8)9-5-3-4-6-10(9)13/h3-6,14H,7H2,1-2H3. The molecule has 0 saturated heterocycles. The fraction of sp³-hybridized carbons (Fsp3) is 0.250. The minimum Gasteiger partial charge on any atom is -0.315 e. The summed E-state index contributed by atoms with van der Waals surface area (Å²) < 4.78 is 1.10. The number of hydrogen-bond donors (Lipinski definition) is 1. The Kier molecular flexibility index (Phi) is 3.74. The second kappa shape index (κ2) is 5.08. The molecule has 0 fully saturated rings. The lowest BCUT2D eigenvalue weighted by atomic mass is 10.2. The van der Waals surface area contributed by atoms with Crippen molar-refractivity contribution >= 4 is 27.3 Å². The first kappa shape index (κ1) is 11.8. The molecule has 0 bridgehead atoms. The summed E-state index contributed by atoms with van der Waals surface area (Å²) in [4.78, 5) is 5.91. The minimum atomic E-state index is 0.883. The van der Waals surface area contributed by atoms with E-state index in [0.717, 1.165) is 27.3 Å². The summed E-state index contributed by atoms with van der Waals surface area (Å²) in [6.45, 7) is 2.94. The van der Waals surface area contributed by atoms with Crippen LogP contribution < -0.4 is 5.32 Å². The molecular weight excluding hydrogens is 284 g/mol. The number of benzene rings is 1. The maximum absolute atomic E-state index is 4.61. The fourth-order valence-electron chi connectivity index (χ4n) is 1.50. The summed E-state index contributed by atoms with van der Waals surface area (Å²) in [5, 5.41) is 4.24. The highest BCUT2D eigenvalue weighted by atomic mass is 79.9. The van der Waals surface area contributed by atoms with Gasteiger partial charge in [-0.05, 0) is 20.0 Å². The third kappa shape index (κ3) is 2.34. The van der Waals surface area contributed by atoms with Crippen LogP contribution in [0.2, 0.25) is 0 Å². The summed E-state index contributed by atoms with van der Waals surface area (Å²) in [6.07, 6.45) is 0. The van der Waals surface area contributed by atoms with Gasteiger partial charge in [-0.2, -0.15) is 0 Å². The van der Waals surface area contributed by atoms with E-state index in [1.165, 1.54) is 4.88 Å². The van der Waals surface area contributed by atoms with Crippen LogP contribution in [0.4, 0.5) is 0 Å². The predicted octanol–water partition coefficient (Wildman–Crippen LogP) is 3.60. The Morgan fingerprint density at radius 1 is 1.38 bits per heavy atom. The summed E-state index contributed by atoms with van der Waals surface area (Å²) in [7, 11) is 1.96. The molecule has 0 aliphatic rings. The first-order valence-corrected chi connectivity index (χ1v) is 6.69. The Bertz CT molecular complexity index is 494. The van der Waals surface area contributed by atoms with Crippen molar-refractivity contribution in [2.75, 3.05) is 7.05 Å². The van der Waals surface area contributed by atoms with E-state index < -0.39 is 0 Å². The molecule has 84 valence electrons. The van der Waals surface area contributed by atoms with E-state index in [1.807, 2.05) is 25.2 Å². The number of thiazole rings is 1. The van der Waals surface area contributed by atoms with E-state index in [1.54, 1.807) is 11.3 Å². The Hall–Kier alpha value is -0.710. The van der Waals surface area contributed by atoms with Gasteiger partial charge in [0.05, 0.1) is 5.69 Å². The van der Waals surface area contributed by atoms with E-state index in [2.05, 4.69) is 39.2 Å². The molecule has 0 radical (unpaired) electrons. The van der Waals surface area contributed by atoms with Crippen molar-refractivity contribution in [2.24, 2.45) is 0 Å². The Balaban J connectivity index is 2.42. The van der Waals surface area contributed by atoms with Crippen molar-refractivity contribution in [1.82, 2.24) is 10.3 Å². The zero-order chi connectivity index (χ0) is 11.5. The number of nitrogens with one attached hydrogen (secondary N) is 1. The molecule has 2 aromatic rings. The fourth-order valence-corrected chi connectivity index (χ4v) is 3.22. The second-order valence-electron chi connectivity index (χ2n) is 3.54. The van der Waals surface area contributed by atoms with Gasteiger partial charge < -0.3 is 5.32 Å². The van der Waals surface area contributed by atoms with Crippen LogP contribution in [0.25, 0.3) is 10.6 Å². The first-order chi connectivity index (χ1) is 7.72. The van der Waals surface area contributed by atoms with E-state index in [-0.39, 0.29) is 0 Å². The zero-order valence-corrected chi connectivity index (χ0v) is 11.7. The SMILES string of the molecule is CNCc1sc(-c2ccccc2Br)nc1C. The van der Waals surface area contributed by atoms with Gasteiger partial charge in [-0.15, -0.1) is 11.3 Å². The van der Waals surface area contributed by atoms with Crippen LogP contribution in [0.1, 0.15) is 10.6 Å². The number of rotatable bonds is 3. The molecule has 2 nitrogen and oxygen atoms in total. The Morgan fingerprint density at radius 3 is 2.81 bits per heavy atom. The third-order valence-corrected chi connectivity index (χ3v) is 4.22. The number of aryl methyl sites for hydroxylation is 1. The number of hydrogen-bond acceptors (Lipinski definition) is 3. The van der Waals surface area contributed by atoms with Gasteiger partial charge in [-0.1, -0.05) is 34.1 Å². The topological polar surface area (TPSA) is 24.9 Å². The highest BCUT2D eigenvalue weighted by Gasteiger charge is 2.10. The van der Waals surface area contributed by atoms with E-state index in [4.69, 9.17) is 0 Å². The number of halogens is 1. The molecule has 0 aliphatic heterocycles. The van der Waals surface area contributed by atoms with Crippen molar-refractivity contribution in [3.8, 4) is 10.6 Å². The van der Waals surface area contributed by atoms with Gasteiger partial charge in [-0.25, -0.2) is 4.98 Å². The molecule has 1 N–H and O–H groups in total. The molecule has 1 aromatic carbocycles. The van der Waals surface area contributed by atoms with Gasteiger partial charge in [0.15, 0.2) is 0 Å². The van der Waals surface area contributed by atoms with Crippen molar-refractivity contribution in [2.45, 2.75) is 13.5 Å².